The van der Waals surface area contributed by atoms with Gasteiger partial charge in [-0.3, -0.25) is 4.79 Å². The number of hydrogen-bond donors (Lipinski definition) is 1. The molecule has 82 valence electrons. The molecule has 1 atom stereocenters. The van der Waals surface area contributed by atoms with Crippen LogP contribution in [0.25, 0.3) is 0 Å². The van der Waals surface area contributed by atoms with Crippen LogP contribution in [0.1, 0.15) is 20.3 Å². The number of amides is 1. The first kappa shape index (κ1) is 12.1. The van der Waals surface area contributed by atoms with Crippen molar-refractivity contribution in [2.24, 2.45) is 5.92 Å². The number of nitrogens with one attached hydrogen (secondary N) is 1. The van der Waals surface area contributed by atoms with Gasteiger partial charge in [-0.1, -0.05) is 32.0 Å². The molecule has 2 nitrogen and oxygen atoms in total. The van der Waals surface area contributed by atoms with E-state index >= 15 is 0 Å². The molecule has 0 fully saturated rings. The third kappa shape index (κ3) is 4.34. The second kappa shape index (κ2) is 5.76. The molecule has 0 aliphatic rings. The first-order valence-corrected chi connectivity index (χ1v) is 5.53. The maximum atomic E-state index is 11.6. The zero-order valence-electron chi connectivity index (χ0n) is 9.03. The highest BCUT2D eigenvalue weighted by Gasteiger charge is 2.16. The van der Waals surface area contributed by atoms with E-state index in [2.05, 4.69) is 5.32 Å². The summed E-state index contributed by atoms with van der Waals surface area (Å²) in [4.78, 5) is 11.6. The SMILES string of the molecule is CC(C)CC(Cl)C(=O)Nc1ccccc1. The van der Waals surface area contributed by atoms with Gasteiger partial charge in [0.2, 0.25) is 5.91 Å². The van der Waals surface area contributed by atoms with E-state index in [-0.39, 0.29) is 5.91 Å². The van der Waals surface area contributed by atoms with Crippen molar-refractivity contribution in [1.29, 1.82) is 0 Å². The monoisotopic (exact) mass is 225 g/mol. The minimum Gasteiger partial charge on any atom is -0.325 e. The highest BCUT2D eigenvalue weighted by molar-refractivity contribution is 6.32. The summed E-state index contributed by atoms with van der Waals surface area (Å²) in [5.41, 5.74) is 0.789. The lowest BCUT2D eigenvalue weighted by Crippen LogP contribution is -2.24. The van der Waals surface area contributed by atoms with Gasteiger partial charge in [0, 0.05) is 5.69 Å². The largest absolute Gasteiger partial charge is 0.325 e. The van der Waals surface area contributed by atoms with Crippen molar-refractivity contribution in [2.75, 3.05) is 5.32 Å². The topological polar surface area (TPSA) is 29.1 Å². The van der Waals surface area contributed by atoms with Crippen LogP contribution in [0.4, 0.5) is 5.69 Å². The number of halogens is 1. The molecule has 1 N–H and O–H groups in total. The number of para-hydroxylation sites is 1. The minimum atomic E-state index is -0.454. The van der Waals surface area contributed by atoms with Gasteiger partial charge in [0.05, 0.1) is 0 Å². The molecular formula is C12H16ClNO. The second-order valence-electron chi connectivity index (χ2n) is 3.95. The zero-order chi connectivity index (χ0) is 11.3. The van der Waals surface area contributed by atoms with Crippen LogP contribution in [-0.2, 0) is 4.79 Å². The average molecular weight is 226 g/mol. The van der Waals surface area contributed by atoms with E-state index in [1.807, 2.05) is 44.2 Å². The smallest absolute Gasteiger partial charge is 0.242 e. The van der Waals surface area contributed by atoms with E-state index in [0.29, 0.717) is 12.3 Å². The van der Waals surface area contributed by atoms with Crippen LogP contribution >= 0.6 is 11.6 Å². The Hall–Kier alpha value is -1.02. The van der Waals surface area contributed by atoms with E-state index in [9.17, 15) is 4.79 Å². The van der Waals surface area contributed by atoms with Crippen LogP contribution in [0.15, 0.2) is 30.3 Å². The van der Waals surface area contributed by atoms with Crippen LogP contribution in [-0.4, -0.2) is 11.3 Å². The van der Waals surface area contributed by atoms with Crippen molar-refractivity contribution in [2.45, 2.75) is 25.6 Å². The Labute approximate surface area is 95.6 Å². The molecule has 0 aromatic heterocycles. The molecule has 0 aliphatic carbocycles. The summed E-state index contributed by atoms with van der Waals surface area (Å²) in [5, 5.41) is 2.32. The minimum absolute atomic E-state index is 0.128. The van der Waals surface area contributed by atoms with E-state index in [0.717, 1.165) is 5.69 Å². The summed E-state index contributed by atoms with van der Waals surface area (Å²) in [5.74, 6) is 0.297. The van der Waals surface area contributed by atoms with Gasteiger partial charge in [0.1, 0.15) is 5.38 Å². The fraction of sp³-hybridized carbons (Fsp3) is 0.417. The summed E-state index contributed by atoms with van der Waals surface area (Å²) in [6.07, 6.45) is 0.695. The Morgan fingerprint density at radius 2 is 1.93 bits per heavy atom. The highest BCUT2D eigenvalue weighted by Crippen LogP contribution is 2.13. The van der Waals surface area contributed by atoms with Gasteiger partial charge in [-0.2, -0.15) is 0 Å². The summed E-state index contributed by atoms with van der Waals surface area (Å²) in [7, 11) is 0. The Morgan fingerprint density at radius 1 is 1.33 bits per heavy atom. The van der Waals surface area contributed by atoms with Crippen molar-refractivity contribution in [3.8, 4) is 0 Å². The number of hydrogen-bond acceptors (Lipinski definition) is 1. The lowest BCUT2D eigenvalue weighted by atomic mass is 10.1. The Morgan fingerprint density at radius 3 is 2.47 bits per heavy atom. The van der Waals surface area contributed by atoms with Gasteiger partial charge < -0.3 is 5.32 Å². The van der Waals surface area contributed by atoms with Crippen molar-refractivity contribution in [3.05, 3.63) is 30.3 Å². The van der Waals surface area contributed by atoms with Crippen LogP contribution in [0.2, 0.25) is 0 Å². The number of alkyl halides is 1. The number of anilines is 1. The maximum Gasteiger partial charge on any atom is 0.242 e. The molecular weight excluding hydrogens is 210 g/mol. The third-order valence-corrected chi connectivity index (χ3v) is 2.38. The number of carbonyl (C=O) groups excluding carboxylic acids is 1. The van der Waals surface area contributed by atoms with Gasteiger partial charge >= 0.3 is 0 Å². The first-order chi connectivity index (χ1) is 7.09. The molecule has 0 heterocycles. The summed E-state index contributed by atoms with van der Waals surface area (Å²) in [6.45, 7) is 4.09. The summed E-state index contributed by atoms with van der Waals surface area (Å²) >= 11 is 5.96. The molecule has 1 amide bonds. The standard InChI is InChI=1S/C12H16ClNO/c1-9(2)8-11(13)12(15)14-10-6-4-3-5-7-10/h3-7,9,11H,8H2,1-2H3,(H,14,15). The molecule has 0 bridgehead atoms. The Bertz CT molecular complexity index is 311. The number of carbonyl (C=O) groups is 1. The zero-order valence-corrected chi connectivity index (χ0v) is 9.79. The summed E-state index contributed by atoms with van der Waals surface area (Å²) < 4.78 is 0. The van der Waals surface area contributed by atoms with Crippen molar-refractivity contribution in [1.82, 2.24) is 0 Å². The molecule has 3 heteroatoms. The lowest BCUT2D eigenvalue weighted by Gasteiger charge is -2.12. The van der Waals surface area contributed by atoms with E-state index in [1.165, 1.54) is 0 Å². The highest BCUT2D eigenvalue weighted by atomic mass is 35.5. The molecule has 0 radical (unpaired) electrons. The van der Waals surface area contributed by atoms with E-state index in [4.69, 9.17) is 11.6 Å². The number of rotatable bonds is 4. The fourth-order valence-electron chi connectivity index (χ4n) is 1.26. The second-order valence-corrected chi connectivity index (χ2v) is 4.48. The van der Waals surface area contributed by atoms with Gasteiger partial charge in [0.15, 0.2) is 0 Å². The number of benzene rings is 1. The van der Waals surface area contributed by atoms with Crippen LogP contribution in [0.3, 0.4) is 0 Å². The lowest BCUT2D eigenvalue weighted by molar-refractivity contribution is -0.116. The normalized spacial score (nSPS) is 12.5. The maximum absolute atomic E-state index is 11.6. The van der Waals surface area contributed by atoms with E-state index in [1.54, 1.807) is 0 Å². The fourth-order valence-corrected chi connectivity index (χ4v) is 1.67. The Kier molecular flexibility index (Phi) is 4.63. The first-order valence-electron chi connectivity index (χ1n) is 5.09. The van der Waals surface area contributed by atoms with Crippen molar-refractivity contribution >= 4 is 23.2 Å². The molecule has 0 aliphatic heterocycles. The molecule has 0 spiro atoms. The predicted octanol–water partition coefficient (Wildman–Crippen LogP) is 3.28. The Balaban J connectivity index is 2.49. The quantitative estimate of drug-likeness (QED) is 0.783. The average Bonchev–Trinajstić information content (AvgIpc) is 2.18. The molecule has 1 aromatic rings. The van der Waals surface area contributed by atoms with Gasteiger partial charge in [-0.05, 0) is 24.5 Å². The van der Waals surface area contributed by atoms with Crippen LogP contribution < -0.4 is 5.32 Å². The van der Waals surface area contributed by atoms with E-state index < -0.39 is 5.38 Å². The van der Waals surface area contributed by atoms with Crippen molar-refractivity contribution in [3.63, 3.8) is 0 Å². The molecule has 1 unspecified atom stereocenters. The molecule has 0 saturated carbocycles. The predicted molar refractivity (Wildman–Crippen MR) is 64.2 cm³/mol. The van der Waals surface area contributed by atoms with Gasteiger partial charge in [-0.15, -0.1) is 11.6 Å². The molecule has 15 heavy (non-hydrogen) atoms. The molecule has 0 saturated heterocycles. The van der Waals surface area contributed by atoms with Crippen LogP contribution in [0, 0.1) is 5.92 Å². The molecule has 1 aromatic carbocycles. The van der Waals surface area contributed by atoms with Gasteiger partial charge in [-0.25, -0.2) is 0 Å². The van der Waals surface area contributed by atoms with Crippen molar-refractivity contribution < 1.29 is 4.79 Å². The van der Waals surface area contributed by atoms with Gasteiger partial charge in [0.25, 0.3) is 0 Å². The third-order valence-electron chi connectivity index (χ3n) is 2.00. The molecule has 1 rings (SSSR count). The summed E-state index contributed by atoms with van der Waals surface area (Å²) in [6, 6.07) is 9.35. The van der Waals surface area contributed by atoms with Crippen LogP contribution in [0.5, 0.6) is 0 Å².